The molecular formula is C12H8BrNO4S. The number of hydrogen-bond donors (Lipinski definition) is 1. The van der Waals surface area contributed by atoms with Crippen LogP contribution in [0.25, 0.3) is 10.4 Å². The Morgan fingerprint density at radius 3 is 2.95 bits per heavy atom. The van der Waals surface area contributed by atoms with Crippen molar-refractivity contribution in [3.63, 3.8) is 0 Å². The Hall–Kier alpha value is -1.60. The number of carboxylic acids is 1. The summed E-state index contributed by atoms with van der Waals surface area (Å²) in [7, 11) is 0. The monoisotopic (exact) mass is 341 g/mol. The number of carboxylic acid groups (broad SMARTS) is 1. The SMILES string of the molecule is O=C(O)c1ncsc1-c1cc(Br)c2c(c1)OCCO2. The number of ether oxygens (including phenoxy) is 2. The maximum atomic E-state index is 11.1. The van der Waals surface area contributed by atoms with Crippen molar-refractivity contribution in [3.05, 3.63) is 27.8 Å². The lowest BCUT2D eigenvalue weighted by atomic mass is 10.1. The molecule has 5 nitrogen and oxygen atoms in total. The first kappa shape index (κ1) is 12.4. The fourth-order valence-electron chi connectivity index (χ4n) is 1.85. The van der Waals surface area contributed by atoms with E-state index in [9.17, 15) is 4.79 Å². The van der Waals surface area contributed by atoms with Crippen LogP contribution >= 0.6 is 27.3 Å². The van der Waals surface area contributed by atoms with Crippen molar-refractivity contribution in [2.45, 2.75) is 0 Å². The molecule has 0 radical (unpaired) electrons. The van der Waals surface area contributed by atoms with Gasteiger partial charge in [-0.05, 0) is 33.6 Å². The standard InChI is InChI=1S/C12H8BrNO4S/c13-7-3-6(4-8-10(7)18-2-1-17-8)11-9(12(15)16)14-5-19-11/h3-5H,1-2H2,(H,15,16). The van der Waals surface area contributed by atoms with Crippen LogP contribution in [-0.4, -0.2) is 29.3 Å². The number of aromatic carboxylic acids is 1. The highest BCUT2D eigenvalue weighted by atomic mass is 79.9. The quantitative estimate of drug-likeness (QED) is 0.909. The molecule has 7 heteroatoms. The van der Waals surface area contributed by atoms with Crippen LogP contribution in [0.4, 0.5) is 0 Å². The van der Waals surface area contributed by atoms with Crippen molar-refractivity contribution in [2.75, 3.05) is 13.2 Å². The zero-order chi connectivity index (χ0) is 13.4. The van der Waals surface area contributed by atoms with Gasteiger partial charge >= 0.3 is 5.97 Å². The van der Waals surface area contributed by atoms with Crippen LogP contribution in [0.2, 0.25) is 0 Å². The van der Waals surface area contributed by atoms with Crippen molar-refractivity contribution in [2.24, 2.45) is 0 Å². The van der Waals surface area contributed by atoms with Gasteiger partial charge in [0.15, 0.2) is 17.2 Å². The molecule has 0 saturated carbocycles. The molecule has 0 unspecified atom stereocenters. The van der Waals surface area contributed by atoms with Crippen LogP contribution in [0.15, 0.2) is 22.1 Å². The molecule has 0 spiro atoms. The average Bonchev–Trinajstić information content (AvgIpc) is 2.88. The second-order valence-corrected chi connectivity index (χ2v) is 5.53. The summed E-state index contributed by atoms with van der Waals surface area (Å²) >= 11 is 4.69. The molecule has 1 N–H and O–H groups in total. The van der Waals surface area contributed by atoms with Gasteiger partial charge in [-0.15, -0.1) is 11.3 Å². The van der Waals surface area contributed by atoms with Gasteiger partial charge < -0.3 is 14.6 Å². The zero-order valence-electron chi connectivity index (χ0n) is 9.55. The predicted molar refractivity (Wildman–Crippen MR) is 73.2 cm³/mol. The predicted octanol–water partition coefficient (Wildman–Crippen LogP) is 3.04. The van der Waals surface area contributed by atoms with Gasteiger partial charge in [0.1, 0.15) is 13.2 Å². The van der Waals surface area contributed by atoms with Gasteiger partial charge in [-0.1, -0.05) is 0 Å². The van der Waals surface area contributed by atoms with Crippen molar-refractivity contribution >= 4 is 33.2 Å². The fraction of sp³-hybridized carbons (Fsp3) is 0.167. The van der Waals surface area contributed by atoms with Crippen molar-refractivity contribution in [1.29, 1.82) is 0 Å². The molecule has 19 heavy (non-hydrogen) atoms. The third-order valence-electron chi connectivity index (χ3n) is 2.63. The van der Waals surface area contributed by atoms with E-state index in [1.807, 2.05) is 6.07 Å². The number of fused-ring (bicyclic) bond motifs is 1. The Balaban J connectivity index is 2.13. The Labute approximate surface area is 120 Å². The van der Waals surface area contributed by atoms with Crippen LogP contribution in [-0.2, 0) is 0 Å². The fourth-order valence-corrected chi connectivity index (χ4v) is 3.17. The van der Waals surface area contributed by atoms with Crippen molar-refractivity contribution < 1.29 is 19.4 Å². The highest BCUT2D eigenvalue weighted by molar-refractivity contribution is 9.10. The normalized spacial score (nSPS) is 13.3. The minimum Gasteiger partial charge on any atom is -0.486 e. The molecule has 0 fully saturated rings. The second-order valence-electron chi connectivity index (χ2n) is 3.82. The Bertz CT molecular complexity index is 655. The Morgan fingerprint density at radius 2 is 2.16 bits per heavy atom. The molecule has 1 aliphatic rings. The second kappa shape index (κ2) is 4.82. The molecular weight excluding hydrogens is 334 g/mol. The number of benzene rings is 1. The van der Waals surface area contributed by atoms with Crippen molar-refractivity contribution in [1.82, 2.24) is 4.98 Å². The highest BCUT2D eigenvalue weighted by Crippen LogP contribution is 2.42. The number of hydrogen-bond acceptors (Lipinski definition) is 5. The smallest absolute Gasteiger partial charge is 0.356 e. The summed E-state index contributed by atoms with van der Waals surface area (Å²) in [6.07, 6.45) is 0. The summed E-state index contributed by atoms with van der Waals surface area (Å²) in [6, 6.07) is 3.59. The average molecular weight is 342 g/mol. The first-order valence-corrected chi connectivity index (χ1v) is 7.10. The summed E-state index contributed by atoms with van der Waals surface area (Å²) in [5, 5.41) is 9.10. The zero-order valence-corrected chi connectivity index (χ0v) is 12.0. The maximum absolute atomic E-state index is 11.1. The van der Waals surface area contributed by atoms with Crippen LogP contribution in [0, 0.1) is 0 Å². The van der Waals surface area contributed by atoms with E-state index in [1.54, 1.807) is 6.07 Å². The molecule has 1 aliphatic heterocycles. The summed E-state index contributed by atoms with van der Waals surface area (Å²) in [5.74, 6) is 0.221. The van der Waals surface area contributed by atoms with E-state index < -0.39 is 5.97 Å². The van der Waals surface area contributed by atoms with E-state index in [0.717, 1.165) is 10.0 Å². The summed E-state index contributed by atoms with van der Waals surface area (Å²) in [6.45, 7) is 0.989. The maximum Gasteiger partial charge on any atom is 0.356 e. The number of thiazole rings is 1. The summed E-state index contributed by atoms with van der Waals surface area (Å²) in [4.78, 5) is 15.6. The third-order valence-corrected chi connectivity index (χ3v) is 4.09. The van der Waals surface area contributed by atoms with E-state index >= 15 is 0 Å². The van der Waals surface area contributed by atoms with Crippen LogP contribution in [0.5, 0.6) is 11.5 Å². The van der Waals surface area contributed by atoms with Crippen LogP contribution in [0.1, 0.15) is 10.5 Å². The lowest BCUT2D eigenvalue weighted by Crippen LogP contribution is -2.15. The van der Waals surface area contributed by atoms with E-state index in [0.29, 0.717) is 29.6 Å². The van der Waals surface area contributed by atoms with Crippen LogP contribution < -0.4 is 9.47 Å². The lowest BCUT2D eigenvalue weighted by molar-refractivity contribution is 0.0692. The van der Waals surface area contributed by atoms with Crippen molar-refractivity contribution in [3.8, 4) is 21.9 Å². The minimum atomic E-state index is -1.04. The number of aromatic nitrogens is 1. The Kier molecular flexibility index (Phi) is 3.16. The molecule has 0 aliphatic carbocycles. The van der Waals surface area contributed by atoms with Gasteiger partial charge in [-0.25, -0.2) is 9.78 Å². The molecule has 2 heterocycles. The topological polar surface area (TPSA) is 68.7 Å². The van der Waals surface area contributed by atoms with Gasteiger partial charge in [0.05, 0.1) is 14.9 Å². The van der Waals surface area contributed by atoms with E-state index in [-0.39, 0.29) is 5.69 Å². The van der Waals surface area contributed by atoms with Gasteiger partial charge in [-0.3, -0.25) is 0 Å². The molecule has 0 amide bonds. The van der Waals surface area contributed by atoms with E-state index in [2.05, 4.69) is 20.9 Å². The largest absolute Gasteiger partial charge is 0.486 e. The molecule has 1 aromatic carbocycles. The Morgan fingerprint density at radius 1 is 1.37 bits per heavy atom. The van der Waals surface area contributed by atoms with Gasteiger partial charge in [0.2, 0.25) is 0 Å². The molecule has 98 valence electrons. The summed E-state index contributed by atoms with van der Waals surface area (Å²) < 4.78 is 11.8. The molecule has 1 aromatic heterocycles. The summed E-state index contributed by atoms with van der Waals surface area (Å²) in [5.41, 5.74) is 2.31. The number of carbonyl (C=O) groups is 1. The molecule has 0 atom stereocenters. The third kappa shape index (κ3) is 2.19. The van der Waals surface area contributed by atoms with E-state index in [1.165, 1.54) is 16.8 Å². The number of halogens is 1. The highest BCUT2D eigenvalue weighted by Gasteiger charge is 2.21. The molecule has 0 bridgehead atoms. The molecule has 0 saturated heterocycles. The van der Waals surface area contributed by atoms with Gasteiger partial charge in [-0.2, -0.15) is 0 Å². The molecule has 2 aromatic rings. The number of nitrogens with zero attached hydrogens (tertiary/aromatic N) is 1. The lowest BCUT2D eigenvalue weighted by Gasteiger charge is -2.20. The van der Waals surface area contributed by atoms with Gasteiger partial charge in [0, 0.05) is 0 Å². The van der Waals surface area contributed by atoms with Gasteiger partial charge in [0.25, 0.3) is 0 Å². The van der Waals surface area contributed by atoms with E-state index in [4.69, 9.17) is 14.6 Å². The first-order chi connectivity index (χ1) is 9.16. The minimum absolute atomic E-state index is 0.0496. The first-order valence-electron chi connectivity index (χ1n) is 5.43. The number of rotatable bonds is 2. The molecule has 3 rings (SSSR count). The van der Waals surface area contributed by atoms with Crippen LogP contribution in [0.3, 0.4) is 0 Å².